The van der Waals surface area contributed by atoms with Gasteiger partial charge in [0.05, 0.1) is 22.4 Å². The quantitative estimate of drug-likeness (QED) is 0.676. The van der Waals surface area contributed by atoms with Gasteiger partial charge in [-0.05, 0) is 52.2 Å². The molecule has 0 bridgehead atoms. The SMILES string of the molecule is Clc1ncc(NC(c2cccs2)C2CCCC2)cc1Br. The highest BCUT2D eigenvalue weighted by Crippen LogP contribution is 2.39. The predicted octanol–water partition coefficient (Wildman–Crippen LogP) is 5.90. The summed E-state index contributed by atoms with van der Waals surface area (Å²) in [5, 5.41) is 6.30. The summed E-state index contributed by atoms with van der Waals surface area (Å²) in [5.41, 5.74) is 1.02. The molecule has 0 spiro atoms. The molecule has 0 radical (unpaired) electrons. The van der Waals surface area contributed by atoms with Gasteiger partial charge in [0.15, 0.2) is 0 Å². The third-order valence-electron chi connectivity index (χ3n) is 3.84. The van der Waals surface area contributed by atoms with Crippen molar-refractivity contribution in [3.05, 3.63) is 44.3 Å². The lowest BCUT2D eigenvalue weighted by Gasteiger charge is -2.25. The molecule has 5 heteroatoms. The molecule has 1 unspecified atom stereocenters. The molecule has 0 aromatic carbocycles. The van der Waals surface area contributed by atoms with Crippen LogP contribution in [0.3, 0.4) is 0 Å². The average Bonchev–Trinajstić information content (AvgIpc) is 3.12. The largest absolute Gasteiger partial charge is 0.376 e. The first-order valence-electron chi connectivity index (χ1n) is 6.85. The zero-order chi connectivity index (χ0) is 13.9. The maximum absolute atomic E-state index is 5.96. The molecule has 2 aromatic heterocycles. The van der Waals surface area contributed by atoms with Crippen molar-refractivity contribution in [1.29, 1.82) is 0 Å². The van der Waals surface area contributed by atoms with Crippen molar-refractivity contribution < 1.29 is 0 Å². The third kappa shape index (κ3) is 3.18. The van der Waals surface area contributed by atoms with E-state index in [0.717, 1.165) is 10.2 Å². The molecule has 0 saturated heterocycles. The predicted molar refractivity (Wildman–Crippen MR) is 89.6 cm³/mol. The second-order valence-electron chi connectivity index (χ2n) is 5.18. The Morgan fingerprint density at radius 3 is 2.85 bits per heavy atom. The fraction of sp³-hybridized carbons (Fsp3) is 0.400. The summed E-state index contributed by atoms with van der Waals surface area (Å²) in [6, 6.07) is 6.73. The van der Waals surface area contributed by atoms with Gasteiger partial charge in [-0.2, -0.15) is 0 Å². The molecule has 3 rings (SSSR count). The Morgan fingerprint density at radius 2 is 2.20 bits per heavy atom. The Morgan fingerprint density at radius 1 is 1.40 bits per heavy atom. The first kappa shape index (κ1) is 14.4. The fourth-order valence-corrected chi connectivity index (χ4v) is 4.18. The molecule has 1 saturated carbocycles. The van der Waals surface area contributed by atoms with E-state index in [9.17, 15) is 0 Å². The van der Waals surface area contributed by atoms with Crippen molar-refractivity contribution in [2.75, 3.05) is 5.32 Å². The fourth-order valence-electron chi connectivity index (χ4n) is 2.86. The lowest BCUT2D eigenvalue weighted by Crippen LogP contribution is -2.18. The Bertz CT molecular complexity index is 567. The molecular weight excluding hydrogens is 356 g/mol. The van der Waals surface area contributed by atoms with Crippen molar-refractivity contribution in [3.63, 3.8) is 0 Å². The van der Waals surface area contributed by atoms with Gasteiger partial charge < -0.3 is 5.32 Å². The summed E-state index contributed by atoms with van der Waals surface area (Å²) < 4.78 is 0.834. The van der Waals surface area contributed by atoms with E-state index in [2.05, 4.69) is 43.7 Å². The van der Waals surface area contributed by atoms with Crippen LogP contribution < -0.4 is 5.32 Å². The van der Waals surface area contributed by atoms with Gasteiger partial charge in [0.1, 0.15) is 5.15 Å². The van der Waals surface area contributed by atoms with Crippen molar-refractivity contribution >= 4 is 44.6 Å². The summed E-state index contributed by atoms with van der Waals surface area (Å²) in [6.45, 7) is 0. The molecule has 0 aliphatic heterocycles. The van der Waals surface area contributed by atoms with Gasteiger partial charge in [0, 0.05) is 4.88 Å². The van der Waals surface area contributed by atoms with Crippen molar-refractivity contribution in [1.82, 2.24) is 4.98 Å². The summed E-state index contributed by atoms with van der Waals surface area (Å²) in [5.74, 6) is 0.711. The molecule has 1 atom stereocenters. The summed E-state index contributed by atoms with van der Waals surface area (Å²) in [4.78, 5) is 5.60. The molecule has 1 N–H and O–H groups in total. The van der Waals surface area contributed by atoms with Crippen LogP contribution in [0.15, 0.2) is 34.2 Å². The van der Waals surface area contributed by atoms with Crippen LogP contribution in [-0.2, 0) is 0 Å². The molecule has 20 heavy (non-hydrogen) atoms. The van der Waals surface area contributed by atoms with Crippen molar-refractivity contribution in [3.8, 4) is 0 Å². The highest BCUT2D eigenvalue weighted by Gasteiger charge is 2.27. The number of hydrogen-bond acceptors (Lipinski definition) is 3. The standard InChI is InChI=1S/C15H16BrClN2S/c16-12-8-11(9-18-15(12)17)19-14(10-4-1-2-5-10)13-6-3-7-20-13/h3,6-10,14,19H,1-2,4-5H2. The third-order valence-corrected chi connectivity index (χ3v) is 5.93. The van der Waals surface area contributed by atoms with E-state index in [-0.39, 0.29) is 0 Å². The van der Waals surface area contributed by atoms with E-state index in [4.69, 9.17) is 11.6 Å². The van der Waals surface area contributed by atoms with E-state index >= 15 is 0 Å². The molecule has 106 valence electrons. The Labute approximate surface area is 136 Å². The van der Waals surface area contributed by atoms with E-state index in [1.165, 1.54) is 30.6 Å². The van der Waals surface area contributed by atoms with E-state index in [1.54, 1.807) is 0 Å². The molecule has 1 aliphatic rings. The average molecular weight is 372 g/mol. The van der Waals surface area contributed by atoms with E-state index in [0.29, 0.717) is 17.1 Å². The second kappa shape index (κ2) is 6.46. The number of rotatable bonds is 4. The molecule has 1 fully saturated rings. The minimum atomic E-state index is 0.382. The van der Waals surface area contributed by atoms with Gasteiger partial charge in [0.2, 0.25) is 0 Å². The smallest absolute Gasteiger partial charge is 0.143 e. The number of nitrogens with one attached hydrogen (secondary N) is 1. The van der Waals surface area contributed by atoms with Crippen LogP contribution in [0.5, 0.6) is 0 Å². The number of anilines is 1. The molecule has 2 heterocycles. The summed E-state index contributed by atoms with van der Waals surface area (Å²) >= 11 is 11.2. The first-order chi connectivity index (χ1) is 9.74. The lowest BCUT2D eigenvalue weighted by molar-refractivity contribution is 0.475. The van der Waals surface area contributed by atoms with Crippen molar-refractivity contribution in [2.24, 2.45) is 5.92 Å². The van der Waals surface area contributed by atoms with Crippen LogP contribution in [-0.4, -0.2) is 4.98 Å². The van der Waals surface area contributed by atoms with Crippen LogP contribution in [0, 0.1) is 5.92 Å². The number of thiophene rings is 1. The highest BCUT2D eigenvalue weighted by molar-refractivity contribution is 9.10. The summed E-state index contributed by atoms with van der Waals surface area (Å²) in [7, 11) is 0. The maximum atomic E-state index is 5.96. The summed E-state index contributed by atoms with van der Waals surface area (Å²) in [6.07, 6.45) is 7.10. The Balaban J connectivity index is 1.84. The number of halogens is 2. The van der Waals surface area contributed by atoms with Gasteiger partial charge in [-0.15, -0.1) is 11.3 Å². The minimum absolute atomic E-state index is 0.382. The second-order valence-corrected chi connectivity index (χ2v) is 7.37. The number of hydrogen-bond donors (Lipinski definition) is 1. The first-order valence-corrected chi connectivity index (χ1v) is 8.90. The van der Waals surface area contributed by atoms with Crippen LogP contribution >= 0.6 is 38.9 Å². The van der Waals surface area contributed by atoms with Gasteiger partial charge in [-0.25, -0.2) is 4.98 Å². The maximum Gasteiger partial charge on any atom is 0.143 e. The number of pyridine rings is 1. The van der Waals surface area contributed by atoms with Crippen LogP contribution in [0.1, 0.15) is 36.6 Å². The Kier molecular flexibility index (Phi) is 4.64. The minimum Gasteiger partial charge on any atom is -0.376 e. The number of aromatic nitrogens is 1. The highest BCUT2D eigenvalue weighted by atomic mass is 79.9. The lowest BCUT2D eigenvalue weighted by atomic mass is 9.96. The zero-order valence-corrected chi connectivity index (χ0v) is 14.1. The van der Waals surface area contributed by atoms with Crippen LogP contribution in [0.25, 0.3) is 0 Å². The van der Waals surface area contributed by atoms with Gasteiger partial charge in [-0.1, -0.05) is 30.5 Å². The zero-order valence-electron chi connectivity index (χ0n) is 11.0. The molecule has 1 aliphatic carbocycles. The number of nitrogens with zero attached hydrogens (tertiary/aromatic N) is 1. The van der Waals surface area contributed by atoms with Gasteiger partial charge in [0.25, 0.3) is 0 Å². The van der Waals surface area contributed by atoms with Crippen molar-refractivity contribution in [2.45, 2.75) is 31.7 Å². The Hall–Kier alpha value is -0.580. The monoisotopic (exact) mass is 370 g/mol. The topological polar surface area (TPSA) is 24.9 Å². The van der Waals surface area contributed by atoms with Crippen LogP contribution in [0.4, 0.5) is 5.69 Å². The van der Waals surface area contributed by atoms with Crippen LogP contribution in [0.2, 0.25) is 5.15 Å². The van der Waals surface area contributed by atoms with Gasteiger partial charge >= 0.3 is 0 Å². The normalized spacial score (nSPS) is 17.3. The van der Waals surface area contributed by atoms with E-state index < -0.39 is 0 Å². The molecule has 2 aromatic rings. The molecular formula is C15H16BrClN2S. The van der Waals surface area contributed by atoms with E-state index in [1.807, 2.05) is 23.6 Å². The molecule has 2 nitrogen and oxygen atoms in total. The van der Waals surface area contributed by atoms with Gasteiger partial charge in [-0.3, -0.25) is 0 Å². The molecule has 0 amide bonds.